The van der Waals surface area contributed by atoms with Crippen molar-refractivity contribution < 1.29 is 9.59 Å². The summed E-state index contributed by atoms with van der Waals surface area (Å²) in [5.41, 5.74) is 2.58. The van der Waals surface area contributed by atoms with Crippen molar-refractivity contribution in [1.29, 1.82) is 0 Å². The van der Waals surface area contributed by atoms with Gasteiger partial charge in [-0.15, -0.1) is 6.58 Å². The van der Waals surface area contributed by atoms with E-state index >= 15 is 0 Å². The van der Waals surface area contributed by atoms with Gasteiger partial charge in [-0.2, -0.15) is 4.99 Å². The molecule has 4 rings (SSSR count). The average Bonchev–Trinajstić information content (AvgIpc) is 3.10. The first-order chi connectivity index (χ1) is 14.6. The van der Waals surface area contributed by atoms with Crippen molar-refractivity contribution in [3.8, 4) is 0 Å². The maximum atomic E-state index is 12.8. The summed E-state index contributed by atoms with van der Waals surface area (Å²) in [6, 6.07) is 21.6. The topological polar surface area (TPSA) is 51.4 Å². The number of fused-ring (bicyclic) bond motifs is 1. The lowest BCUT2D eigenvalue weighted by Crippen LogP contribution is -2.16. The van der Waals surface area contributed by atoms with Crippen LogP contribution in [0, 0.1) is 0 Å². The summed E-state index contributed by atoms with van der Waals surface area (Å²) in [6.45, 7) is 4.36. The minimum absolute atomic E-state index is 0.0783. The molecule has 0 saturated heterocycles. The fraction of sp³-hybridized carbons (Fsp3) is 0.0417. The first kappa shape index (κ1) is 20.2. The van der Waals surface area contributed by atoms with Gasteiger partial charge in [-0.1, -0.05) is 75.8 Å². The summed E-state index contributed by atoms with van der Waals surface area (Å²) < 4.78 is 3.96. The number of hydrogen-bond donors (Lipinski definition) is 0. The van der Waals surface area contributed by atoms with Crippen LogP contribution in [0.3, 0.4) is 0 Å². The Morgan fingerprint density at radius 1 is 0.967 bits per heavy atom. The minimum Gasteiger partial charge on any atom is -0.312 e. The van der Waals surface area contributed by atoms with Crippen molar-refractivity contribution in [3.63, 3.8) is 0 Å². The highest BCUT2D eigenvalue weighted by Crippen LogP contribution is 2.22. The highest BCUT2D eigenvalue weighted by Gasteiger charge is 2.12. The lowest BCUT2D eigenvalue weighted by molar-refractivity contribution is 0.0994. The van der Waals surface area contributed by atoms with Gasteiger partial charge >= 0.3 is 0 Å². The number of halogens is 1. The number of thiazole rings is 1. The Morgan fingerprint density at radius 3 is 2.33 bits per heavy atom. The highest BCUT2D eigenvalue weighted by atomic mass is 79.9. The predicted octanol–water partition coefficient (Wildman–Crippen LogP) is 5.62. The standard InChI is InChI=1S/C24H17BrN2O2S/c1-2-14-27-20-13-12-19(25)15-21(20)30-24(27)26-23(29)18-10-8-17(9-11-18)22(28)16-6-4-3-5-7-16/h2-13,15H,1,14H2. The molecule has 0 fully saturated rings. The smallest absolute Gasteiger partial charge is 0.279 e. The maximum Gasteiger partial charge on any atom is 0.279 e. The Hall–Kier alpha value is -3.09. The number of benzene rings is 3. The normalized spacial score (nSPS) is 11.6. The van der Waals surface area contributed by atoms with Crippen LogP contribution < -0.4 is 4.80 Å². The third-order valence-electron chi connectivity index (χ3n) is 4.58. The molecule has 148 valence electrons. The van der Waals surface area contributed by atoms with E-state index in [-0.39, 0.29) is 11.7 Å². The third kappa shape index (κ3) is 4.10. The molecule has 0 aliphatic carbocycles. The lowest BCUT2D eigenvalue weighted by Gasteiger charge is -2.03. The highest BCUT2D eigenvalue weighted by molar-refractivity contribution is 9.10. The van der Waals surface area contributed by atoms with Crippen LogP contribution in [0.25, 0.3) is 10.2 Å². The van der Waals surface area contributed by atoms with Crippen molar-refractivity contribution in [2.24, 2.45) is 4.99 Å². The van der Waals surface area contributed by atoms with E-state index < -0.39 is 0 Å². The van der Waals surface area contributed by atoms with Gasteiger partial charge in [0.1, 0.15) is 0 Å². The Labute approximate surface area is 186 Å². The molecule has 4 nitrogen and oxygen atoms in total. The van der Waals surface area contributed by atoms with Crippen LogP contribution in [-0.2, 0) is 6.54 Å². The molecule has 1 amide bonds. The van der Waals surface area contributed by atoms with Crippen LogP contribution in [0.4, 0.5) is 0 Å². The molecule has 0 saturated carbocycles. The number of allylic oxidation sites excluding steroid dienone is 1. The number of carbonyl (C=O) groups excluding carboxylic acids is 2. The number of ketones is 1. The average molecular weight is 477 g/mol. The SMILES string of the molecule is C=CCn1c(=NC(=O)c2ccc(C(=O)c3ccccc3)cc2)sc2cc(Br)ccc21. The van der Waals surface area contributed by atoms with Crippen molar-refractivity contribution in [3.05, 3.63) is 111 Å². The van der Waals surface area contributed by atoms with Crippen LogP contribution in [0.5, 0.6) is 0 Å². The van der Waals surface area contributed by atoms with Gasteiger partial charge in [0.05, 0.1) is 10.2 Å². The molecule has 0 spiro atoms. The van der Waals surface area contributed by atoms with E-state index in [1.165, 1.54) is 11.3 Å². The molecule has 4 aromatic rings. The van der Waals surface area contributed by atoms with Gasteiger partial charge in [0.15, 0.2) is 10.6 Å². The molecule has 30 heavy (non-hydrogen) atoms. The van der Waals surface area contributed by atoms with Gasteiger partial charge in [-0.25, -0.2) is 0 Å². The molecule has 6 heteroatoms. The van der Waals surface area contributed by atoms with Gasteiger partial charge in [-0.05, 0) is 30.3 Å². The van der Waals surface area contributed by atoms with Gasteiger partial charge in [0, 0.05) is 27.7 Å². The van der Waals surface area contributed by atoms with E-state index in [1.807, 2.05) is 41.0 Å². The minimum atomic E-state index is -0.350. The molecule has 0 N–H and O–H groups in total. The van der Waals surface area contributed by atoms with Gasteiger partial charge in [-0.3, -0.25) is 9.59 Å². The zero-order chi connectivity index (χ0) is 21.1. The van der Waals surface area contributed by atoms with E-state index in [4.69, 9.17) is 0 Å². The Kier molecular flexibility index (Phi) is 5.88. The molecule has 0 unspecified atom stereocenters. The van der Waals surface area contributed by atoms with E-state index in [1.54, 1.807) is 42.5 Å². The molecular weight excluding hydrogens is 460 g/mol. The maximum absolute atomic E-state index is 12.8. The van der Waals surface area contributed by atoms with Crippen LogP contribution in [0.2, 0.25) is 0 Å². The third-order valence-corrected chi connectivity index (χ3v) is 6.12. The van der Waals surface area contributed by atoms with Gasteiger partial charge in [0.25, 0.3) is 5.91 Å². The zero-order valence-electron chi connectivity index (χ0n) is 15.9. The van der Waals surface area contributed by atoms with Crippen molar-refractivity contribution in [1.82, 2.24) is 4.57 Å². The Morgan fingerprint density at radius 2 is 1.63 bits per heavy atom. The summed E-state index contributed by atoms with van der Waals surface area (Å²) in [5.74, 6) is -0.428. The van der Waals surface area contributed by atoms with Crippen molar-refractivity contribution in [2.45, 2.75) is 6.54 Å². The van der Waals surface area contributed by atoms with E-state index in [9.17, 15) is 9.59 Å². The van der Waals surface area contributed by atoms with E-state index in [2.05, 4.69) is 27.5 Å². The number of amides is 1. The molecule has 0 atom stereocenters. The van der Waals surface area contributed by atoms with Crippen LogP contribution >= 0.6 is 27.3 Å². The Bertz CT molecular complexity index is 1320. The molecule has 3 aromatic carbocycles. The predicted molar refractivity (Wildman–Crippen MR) is 124 cm³/mol. The van der Waals surface area contributed by atoms with Gasteiger partial charge in [0.2, 0.25) is 0 Å². The monoisotopic (exact) mass is 476 g/mol. The summed E-state index contributed by atoms with van der Waals surface area (Å²) in [6.07, 6.45) is 1.78. The molecule has 0 aliphatic rings. The summed E-state index contributed by atoms with van der Waals surface area (Å²) in [5, 5.41) is 0. The molecular formula is C24H17BrN2O2S. The molecule has 1 aromatic heterocycles. The molecule has 0 aliphatic heterocycles. The summed E-state index contributed by atoms with van der Waals surface area (Å²) in [7, 11) is 0. The van der Waals surface area contributed by atoms with Crippen molar-refractivity contribution >= 4 is 49.2 Å². The number of hydrogen-bond acceptors (Lipinski definition) is 3. The number of rotatable bonds is 5. The zero-order valence-corrected chi connectivity index (χ0v) is 18.3. The van der Waals surface area contributed by atoms with Gasteiger partial charge < -0.3 is 4.57 Å². The fourth-order valence-corrected chi connectivity index (χ4v) is 4.70. The number of carbonyl (C=O) groups is 2. The number of nitrogens with zero attached hydrogens (tertiary/aromatic N) is 2. The second-order valence-electron chi connectivity index (χ2n) is 6.59. The molecule has 0 radical (unpaired) electrons. The Balaban J connectivity index is 1.67. The number of aromatic nitrogens is 1. The van der Waals surface area contributed by atoms with E-state index in [0.717, 1.165) is 14.7 Å². The summed E-state index contributed by atoms with van der Waals surface area (Å²) in [4.78, 5) is 30.3. The summed E-state index contributed by atoms with van der Waals surface area (Å²) >= 11 is 4.93. The first-order valence-electron chi connectivity index (χ1n) is 9.25. The van der Waals surface area contributed by atoms with Crippen molar-refractivity contribution in [2.75, 3.05) is 0 Å². The second-order valence-corrected chi connectivity index (χ2v) is 8.51. The first-order valence-corrected chi connectivity index (χ1v) is 10.9. The second kappa shape index (κ2) is 8.73. The quantitative estimate of drug-likeness (QED) is 0.277. The van der Waals surface area contributed by atoms with Crippen LogP contribution in [0.15, 0.2) is 94.9 Å². The van der Waals surface area contributed by atoms with E-state index in [0.29, 0.717) is 28.0 Å². The van der Waals surface area contributed by atoms with Crippen LogP contribution in [0.1, 0.15) is 26.3 Å². The van der Waals surface area contributed by atoms with Crippen LogP contribution in [-0.4, -0.2) is 16.3 Å². The fourth-order valence-electron chi connectivity index (χ4n) is 3.11. The largest absolute Gasteiger partial charge is 0.312 e. The lowest BCUT2D eigenvalue weighted by atomic mass is 10.0. The molecule has 1 heterocycles. The molecule has 0 bridgehead atoms.